The molecule has 0 aromatic rings. The zero-order valence-electron chi connectivity index (χ0n) is 13.0. The maximum Gasteiger partial charge on any atom is 0.310 e. The molecule has 1 N–H and O–H groups in total. The maximum absolute atomic E-state index is 12.4. The predicted molar refractivity (Wildman–Crippen MR) is 79.0 cm³/mol. The monoisotopic (exact) mass is 305 g/mol. The second kappa shape index (κ2) is 6.02. The minimum absolute atomic E-state index is 0.0574. The van der Waals surface area contributed by atoms with Crippen LogP contribution in [0.5, 0.6) is 0 Å². The minimum Gasteiger partial charge on any atom is -0.481 e. The lowest BCUT2D eigenvalue weighted by Crippen LogP contribution is -2.51. The highest BCUT2D eigenvalue weighted by Crippen LogP contribution is 2.36. The van der Waals surface area contributed by atoms with Gasteiger partial charge in [-0.3, -0.25) is 4.79 Å². The van der Waals surface area contributed by atoms with Gasteiger partial charge in [0, 0.05) is 13.1 Å². The van der Waals surface area contributed by atoms with Crippen LogP contribution in [0.2, 0.25) is 0 Å². The van der Waals surface area contributed by atoms with Gasteiger partial charge in [-0.25, -0.2) is 12.7 Å². The number of carboxylic acids is 1. The van der Waals surface area contributed by atoms with Crippen LogP contribution in [0.25, 0.3) is 0 Å². The number of nitrogens with zero attached hydrogens (tertiary/aromatic N) is 1. The zero-order chi connectivity index (χ0) is 15.6. The third-order valence-electron chi connectivity index (χ3n) is 3.73. The minimum atomic E-state index is -3.39. The van der Waals surface area contributed by atoms with Crippen LogP contribution >= 0.6 is 0 Å². The average molecular weight is 305 g/mol. The highest BCUT2D eigenvalue weighted by atomic mass is 32.2. The number of rotatable bonds is 5. The lowest BCUT2D eigenvalue weighted by atomic mass is 9.77. The van der Waals surface area contributed by atoms with Crippen LogP contribution in [0.3, 0.4) is 0 Å². The SMILES string of the molecule is CCCC1(C(=O)O)CCCN(S(=O)(=O)CC(C)(C)C)C1. The van der Waals surface area contributed by atoms with Crippen molar-refractivity contribution in [2.45, 2.75) is 53.4 Å². The van der Waals surface area contributed by atoms with Crippen LogP contribution in [0, 0.1) is 10.8 Å². The van der Waals surface area contributed by atoms with E-state index < -0.39 is 21.4 Å². The number of carbonyl (C=O) groups is 1. The molecule has 1 fully saturated rings. The molecule has 0 radical (unpaired) electrons. The van der Waals surface area contributed by atoms with E-state index in [9.17, 15) is 18.3 Å². The Morgan fingerprint density at radius 1 is 1.35 bits per heavy atom. The summed E-state index contributed by atoms with van der Waals surface area (Å²) in [6.07, 6.45) is 2.47. The molecule has 0 amide bonds. The van der Waals surface area contributed by atoms with Gasteiger partial charge in [0.1, 0.15) is 0 Å². The molecule has 1 aliphatic heterocycles. The predicted octanol–water partition coefficient (Wildman–Crippen LogP) is 2.33. The van der Waals surface area contributed by atoms with Crippen LogP contribution < -0.4 is 0 Å². The summed E-state index contributed by atoms with van der Waals surface area (Å²) in [5, 5.41) is 9.51. The third kappa shape index (κ3) is 4.19. The molecular formula is C14H27NO4S. The number of carboxylic acid groups (broad SMARTS) is 1. The highest BCUT2D eigenvalue weighted by molar-refractivity contribution is 7.89. The Morgan fingerprint density at radius 3 is 2.40 bits per heavy atom. The van der Waals surface area contributed by atoms with Gasteiger partial charge in [-0.05, 0) is 24.7 Å². The molecule has 1 rings (SSSR count). The summed E-state index contributed by atoms with van der Waals surface area (Å²) in [7, 11) is -3.39. The first-order valence-electron chi connectivity index (χ1n) is 7.24. The van der Waals surface area contributed by atoms with Gasteiger partial charge in [-0.1, -0.05) is 34.1 Å². The van der Waals surface area contributed by atoms with Crippen molar-refractivity contribution in [1.29, 1.82) is 0 Å². The molecule has 1 unspecified atom stereocenters. The maximum atomic E-state index is 12.4. The summed E-state index contributed by atoms with van der Waals surface area (Å²) in [6.45, 7) is 8.14. The van der Waals surface area contributed by atoms with E-state index in [1.165, 1.54) is 4.31 Å². The van der Waals surface area contributed by atoms with E-state index >= 15 is 0 Å². The Morgan fingerprint density at radius 2 is 1.95 bits per heavy atom. The van der Waals surface area contributed by atoms with E-state index in [0.717, 1.165) is 6.42 Å². The van der Waals surface area contributed by atoms with Crippen molar-refractivity contribution in [3.63, 3.8) is 0 Å². The molecule has 1 aliphatic rings. The molecule has 0 aromatic carbocycles. The Hall–Kier alpha value is -0.620. The summed E-state index contributed by atoms with van der Waals surface area (Å²) in [4.78, 5) is 11.6. The van der Waals surface area contributed by atoms with Crippen molar-refractivity contribution in [2.75, 3.05) is 18.8 Å². The van der Waals surface area contributed by atoms with Gasteiger partial charge < -0.3 is 5.11 Å². The quantitative estimate of drug-likeness (QED) is 0.846. The fraction of sp³-hybridized carbons (Fsp3) is 0.929. The van der Waals surface area contributed by atoms with E-state index in [-0.39, 0.29) is 17.7 Å². The van der Waals surface area contributed by atoms with Crippen molar-refractivity contribution < 1.29 is 18.3 Å². The first-order valence-corrected chi connectivity index (χ1v) is 8.85. The number of aliphatic carboxylic acids is 1. The van der Waals surface area contributed by atoms with Crippen molar-refractivity contribution in [2.24, 2.45) is 10.8 Å². The Balaban J connectivity index is 2.96. The van der Waals surface area contributed by atoms with Crippen LogP contribution in [0.4, 0.5) is 0 Å². The van der Waals surface area contributed by atoms with Gasteiger partial charge in [0.05, 0.1) is 11.2 Å². The highest BCUT2D eigenvalue weighted by Gasteiger charge is 2.45. The molecule has 0 aromatic heterocycles. The van der Waals surface area contributed by atoms with Crippen molar-refractivity contribution >= 4 is 16.0 Å². The largest absolute Gasteiger partial charge is 0.481 e. The second-order valence-corrected chi connectivity index (χ2v) is 9.06. The molecule has 0 saturated carbocycles. The first kappa shape index (κ1) is 17.4. The van der Waals surface area contributed by atoms with Crippen molar-refractivity contribution in [1.82, 2.24) is 4.31 Å². The Labute approximate surface area is 122 Å². The summed E-state index contributed by atoms with van der Waals surface area (Å²) < 4.78 is 26.3. The van der Waals surface area contributed by atoms with Gasteiger partial charge in [-0.2, -0.15) is 0 Å². The Bertz CT molecular complexity index is 448. The van der Waals surface area contributed by atoms with Crippen LogP contribution in [0.1, 0.15) is 53.4 Å². The molecule has 6 heteroatoms. The lowest BCUT2D eigenvalue weighted by Gasteiger charge is -2.40. The van der Waals surface area contributed by atoms with Crippen molar-refractivity contribution in [3.05, 3.63) is 0 Å². The molecule has 0 aliphatic carbocycles. The molecule has 0 spiro atoms. The third-order valence-corrected chi connectivity index (χ3v) is 6.06. The molecule has 118 valence electrons. The lowest BCUT2D eigenvalue weighted by molar-refractivity contribution is -0.151. The Kier molecular flexibility index (Phi) is 5.24. The summed E-state index contributed by atoms with van der Waals surface area (Å²) in [5.74, 6) is -0.808. The molecule has 5 nitrogen and oxygen atoms in total. The van der Waals surface area contributed by atoms with Crippen LogP contribution in [-0.4, -0.2) is 42.6 Å². The van der Waals surface area contributed by atoms with Gasteiger partial charge in [-0.15, -0.1) is 0 Å². The fourth-order valence-corrected chi connectivity index (χ4v) is 5.06. The van der Waals surface area contributed by atoms with E-state index in [4.69, 9.17) is 0 Å². The normalized spacial score (nSPS) is 25.6. The molecule has 0 bridgehead atoms. The van der Waals surface area contributed by atoms with E-state index in [0.29, 0.717) is 25.8 Å². The molecule has 20 heavy (non-hydrogen) atoms. The number of sulfonamides is 1. The van der Waals surface area contributed by atoms with Crippen LogP contribution in [0.15, 0.2) is 0 Å². The van der Waals surface area contributed by atoms with Gasteiger partial charge >= 0.3 is 5.97 Å². The van der Waals surface area contributed by atoms with Gasteiger partial charge in [0.2, 0.25) is 10.0 Å². The number of piperidine rings is 1. The number of hydrogen-bond acceptors (Lipinski definition) is 3. The fourth-order valence-electron chi connectivity index (χ4n) is 2.93. The smallest absolute Gasteiger partial charge is 0.310 e. The molecule has 1 heterocycles. The van der Waals surface area contributed by atoms with Crippen LogP contribution in [-0.2, 0) is 14.8 Å². The molecule has 1 saturated heterocycles. The van der Waals surface area contributed by atoms with Gasteiger partial charge in [0.15, 0.2) is 0 Å². The van der Waals surface area contributed by atoms with Crippen molar-refractivity contribution in [3.8, 4) is 0 Å². The molecular weight excluding hydrogens is 278 g/mol. The summed E-state index contributed by atoms with van der Waals surface area (Å²) >= 11 is 0. The first-order chi connectivity index (χ1) is 9.02. The van der Waals surface area contributed by atoms with E-state index in [1.54, 1.807) is 0 Å². The second-order valence-electron chi connectivity index (χ2n) is 7.09. The van der Waals surface area contributed by atoms with E-state index in [2.05, 4.69) is 0 Å². The summed E-state index contributed by atoms with van der Waals surface area (Å²) in [6, 6.07) is 0. The van der Waals surface area contributed by atoms with E-state index in [1.807, 2.05) is 27.7 Å². The molecule has 1 atom stereocenters. The number of hydrogen-bond donors (Lipinski definition) is 1. The zero-order valence-corrected chi connectivity index (χ0v) is 13.8. The standard InChI is InChI=1S/C14H27NO4S/c1-5-7-14(12(16)17)8-6-9-15(10-14)20(18,19)11-13(2,3)4/h5-11H2,1-4H3,(H,16,17). The van der Waals surface area contributed by atoms with Gasteiger partial charge in [0.25, 0.3) is 0 Å². The summed E-state index contributed by atoms with van der Waals surface area (Å²) in [5.41, 5.74) is -1.23. The average Bonchev–Trinajstić information content (AvgIpc) is 2.26. The topological polar surface area (TPSA) is 74.7 Å².